The molecule has 0 unspecified atom stereocenters. The maximum Gasteiger partial charge on any atom is 0.407 e. The van der Waals surface area contributed by atoms with Crippen LogP contribution in [-0.2, 0) is 9.53 Å². The molecule has 1 spiro atoms. The Hall–Kier alpha value is -1.26. The number of carbonyl (C=O) groups excluding carboxylic acids is 2. The van der Waals surface area contributed by atoms with Gasteiger partial charge in [0.1, 0.15) is 5.60 Å². The van der Waals surface area contributed by atoms with Crippen molar-refractivity contribution in [2.24, 2.45) is 0 Å². The summed E-state index contributed by atoms with van der Waals surface area (Å²) in [4.78, 5) is 23.0. The number of rotatable bonds is 1. The second-order valence-electron chi connectivity index (χ2n) is 6.75. The van der Waals surface area contributed by atoms with Crippen molar-refractivity contribution in [1.82, 2.24) is 10.6 Å². The van der Waals surface area contributed by atoms with Gasteiger partial charge in [-0.3, -0.25) is 4.79 Å². The molecule has 2 fully saturated rings. The van der Waals surface area contributed by atoms with E-state index in [0.29, 0.717) is 6.42 Å². The van der Waals surface area contributed by atoms with Crippen LogP contribution in [-0.4, -0.2) is 29.2 Å². The fourth-order valence-electron chi connectivity index (χ4n) is 2.94. The van der Waals surface area contributed by atoms with Crippen molar-refractivity contribution >= 4 is 12.0 Å². The zero-order valence-corrected chi connectivity index (χ0v) is 12.0. The molecule has 0 aromatic rings. The highest BCUT2D eigenvalue weighted by Crippen LogP contribution is 2.35. The van der Waals surface area contributed by atoms with E-state index in [0.717, 1.165) is 32.1 Å². The quantitative estimate of drug-likeness (QED) is 0.765. The maximum atomic E-state index is 11.7. The van der Waals surface area contributed by atoms with Gasteiger partial charge in [-0.1, -0.05) is 0 Å². The van der Waals surface area contributed by atoms with E-state index in [4.69, 9.17) is 4.74 Å². The standard InChI is InChI=1S/C14H24N2O3/c1-13(2,3)19-12(18)15-10-4-7-14(8-5-10)9-6-11(17)16-14/h10H,4-9H2,1-3H3,(H,15,18)(H,16,17). The summed E-state index contributed by atoms with van der Waals surface area (Å²) in [5, 5.41) is 6.02. The fourth-order valence-corrected chi connectivity index (χ4v) is 2.94. The van der Waals surface area contributed by atoms with Gasteiger partial charge in [0, 0.05) is 18.0 Å². The number of nitrogens with one attached hydrogen (secondary N) is 2. The van der Waals surface area contributed by atoms with Crippen LogP contribution >= 0.6 is 0 Å². The first-order valence-electron chi connectivity index (χ1n) is 7.09. The normalized spacial score (nSPS) is 31.1. The molecule has 0 bridgehead atoms. The topological polar surface area (TPSA) is 67.4 Å². The van der Waals surface area contributed by atoms with Gasteiger partial charge in [-0.05, 0) is 52.9 Å². The number of amides is 2. The minimum atomic E-state index is -0.459. The van der Waals surface area contributed by atoms with Gasteiger partial charge in [-0.2, -0.15) is 0 Å². The smallest absolute Gasteiger partial charge is 0.407 e. The highest BCUT2D eigenvalue weighted by atomic mass is 16.6. The summed E-state index contributed by atoms with van der Waals surface area (Å²) in [6.07, 6.45) is 4.93. The Labute approximate surface area is 114 Å². The summed E-state index contributed by atoms with van der Waals surface area (Å²) >= 11 is 0. The molecular weight excluding hydrogens is 244 g/mol. The summed E-state index contributed by atoms with van der Waals surface area (Å²) in [5.41, 5.74) is -0.456. The lowest BCUT2D eigenvalue weighted by atomic mass is 9.78. The molecule has 0 aromatic carbocycles. The Morgan fingerprint density at radius 2 is 1.95 bits per heavy atom. The number of ether oxygens (including phenoxy) is 1. The second kappa shape index (κ2) is 5.02. The van der Waals surface area contributed by atoms with E-state index in [9.17, 15) is 9.59 Å². The van der Waals surface area contributed by atoms with E-state index in [1.807, 2.05) is 20.8 Å². The zero-order valence-electron chi connectivity index (χ0n) is 12.0. The SMILES string of the molecule is CC(C)(C)OC(=O)NC1CCC2(CCC(=O)N2)CC1. The molecule has 2 amide bonds. The first-order chi connectivity index (χ1) is 8.78. The van der Waals surface area contributed by atoms with Crippen LogP contribution in [0, 0.1) is 0 Å². The molecule has 19 heavy (non-hydrogen) atoms. The van der Waals surface area contributed by atoms with Crippen LogP contribution in [0.2, 0.25) is 0 Å². The lowest BCUT2D eigenvalue weighted by Crippen LogP contribution is -2.49. The molecule has 1 aliphatic carbocycles. The van der Waals surface area contributed by atoms with Gasteiger partial charge in [-0.15, -0.1) is 0 Å². The largest absolute Gasteiger partial charge is 0.444 e. The van der Waals surface area contributed by atoms with Gasteiger partial charge in [-0.25, -0.2) is 4.79 Å². The molecule has 2 N–H and O–H groups in total. The molecule has 1 aliphatic heterocycles. The average molecular weight is 268 g/mol. The fraction of sp³-hybridized carbons (Fsp3) is 0.857. The monoisotopic (exact) mass is 268 g/mol. The predicted molar refractivity (Wildman–Crippen MR) is 71.7 cm³/mol. The number of hydrogen-bond acceptors (Lipinski definition) is 3. The van der Waals surface area contributed by atoms with Crippen LogP contribution < -0.4 is 10.6 Å². The van der Waals surface area contributed by atoms with E-state index >= 15 is 0 Å². The molecule has 1 saturated heterocycles. The molecule has 1 saturated carbocycles. The van der Waals surface area contributed by atoms with E-state index in [1.165, 1.54) is 0 Å². The zero-order chi connectivity index (χ0) is 14.1. The Kier molecular flexibility index (Phi) is 3.74. The van der Waals surface area contributed by atoms with Crippen molar-refractivity contribution in [2.75, 3.05) is 0 Å². The minimum absolute atomic E-state index is 0.00317. The Balaban J connectivity index is 1.78. The van der Waals surface area contributed by atoms with Crippen LogP contribution in [0.1, 0.15) is 59.3 Å². The summed E-state index contributed by atoms with van der Waals surface area (Å²) in [5.74, 6) is 0.165. The second-order valence-corrected chi connectivity index (χ2v) is 6.75. The molecular formula is C14H24N2O3. The molecule has 2 rings (SSSR count). The number of carbonyl (C=O) groups is 2. The Morgan fingerprint density at radius 1 is 1.32 bits per heavy atom. The molecule has 0 aromatic heterocycles. The van der Waals surface area contributed by atoms with Crippen molar-refractivity contribution in [2.45, 2.75) is 76.5 Å². The van der Waals surface area contributed by atoms with Gasteiger partial charge in [0.05, 0.1) is 0 Å². The Bertz CT molecular complexity index is 365. The molecule has 5 nitrogen and oxygen atoms in total. The predicted octanol–water partition coefficient (Wildman–Crippen LogP) is 2.10. The van der Waals surface area contributed by atoms with E-state index in [-0.39, 0.29) is 23.6 Å². The lowest BCUT2D eigenvalue weighted by Gasteiger charge is -2.37. The molecule has 0 radical (unpaired) electrons. The van der Waals surface area contributed by atoms with Crippen LogP contribution in [0.25, 0.3) is 0 Å². The summed E-state index contributed by atoms with van der Waals surface area (Å²) in [7, 11) is 0. The van der Waals surface area contributed by atoms with Gasteiger partial charge < -0.3 is 15.4 Å². The van der Waals surface area contributed by atoms with Crippen LogP contribution in [0.3, 0.4) is 0 Å². The van der Waals surface area contributed by atoms with Gasteiger partial charge >= 0.3 is 6.09 Å². The number of hydrogen-bond donors (Lipinski definition) is 2. The van der Waals surface area contributed by atoms with Crippen LogP contribution in [0.15, 0.2) is 0 Å². The first kappa shape index (κ1) is 14.2. The van der Waals surface area contributed by atoms with E-state index in [2.05, 4.69) is 10.6 Å². The van der Waals surface area contributed by atoms with E-state index < -0.39 is 5.60 Å². The third kappa shape index (κ3) is 3.85. The highest BCUT2D eigenvalue weighted by Gasteiger charge is 2.40. The first-order valence-corrected chi connectivity index (χ1v) is 7.09. The van der Waals surface area contributed by atoms with Crippen molar-refractivity contribution in [3.8, 4) is 0 Å². The van der Waals surface area contributed by atoms with Gasteiger partial charge in [0.25, 0.3) is 0 Å². The van der Waals surface area contributed by atoms with Gasteiger partial charge in [0.2, 0.25) is 5.91 Å². The lowest BCUT2D eigenvalue weighted by molar-refractivity contribution is -0.120. The van der Waals surface area contributed by atoms with Crippen molar-refractivity contribution < 1.29 is 14.3 Å². The minimum Gasteiger partial charge on any atom is -0.444 e. The summed E-state index contributed by atoms with van der Waals surface area (Å²) < 4.78 is 5.25. The third-order valence-corrected chi connectivity index (χ3v) is 3.90. The third-order valence-electron chi connectivity index (χ3n) is 3.90. The van der Waals surface area contributed by atoms with Crippen LogP contribution in [0.4, 0.5) is 4.79 Å². The number of alkyl carbamates (subject to hydrolysis) is 1. The molecule has 5 heteroatoms. The summed E-state index contributed by atoms with van der Waals surface area (Å²) in [6, 6.07) is 0.165. The van der Waals surface area contributed by atoms with E-state index in [1.54, 1.807) is 0 Å². The molecule has 108 valence electrons. The van der Waals surface area contributed by atoms with Crippen molar-refractivity contribution in [1.29, 1.82) is 0 Å². The Morgan fingerprint density at radius 3 is 2.42 bits per heavy atom. The molecule has 2 aliphatic rings. The average Bonchev–Trinajstić information content (AvgIpc) is 2.61. The maximum absolute atomic E-state index is 11.7. The van der Waals surface area contributed by atoms with Gasteiger partial charge in [0.15, 0.2) is 0 Å². The summed E-state index contributed by atoms with van der Waals surface area (Å²) in [6.45, 7) is 5.57. The van der Waals surface area contributed by atoms with Crippen LogP contribution in [0.5, 0.6) is 0 Å². The highest BCUT2D eigenvalue weighted by molar-refractivity contribution is 5.79. The molecule has 1 heterocycles. The van der Waals surface area contributed by atoms with Crippen molar-refractivity contribution in [3.05, 3.63) is 0 Å². The van der Waals surface area contributed by atoms with Crippen molar-refractivity contribution in [3.63, 3.8) is 0 Å². The molecule has 0 atom stereocenters.